The van der Waals surface area contributed by atoms with Crippen LogP contribution in [-0.2, 0) is 25.9 Å². The highest BCUT2D eigenvalue weighted by atomic mass is 32.9. The first-order chi connectivity index (χ1) is 6.41. The van der Waals surface area contributed by atoms with E-state index < -0.39 is 11.6 Å². The molecule has 0 amide bonds. The van der Waals surface area contributed by atoms with Crippen LogP contribution in [0.1, 0.15) is 13.8 Å². The summed E-state index contributed by atoms with van der Waals surface area (Å²) in [6, 6.07) is 0. The molecule has 0 radical (unpaired) electrons. The number of methoxy groups -OCH3 is 1. The fourth-order valence-corrected chi connectivity index (χ4v) is 4.42. The van der Waals surface area contributed by atoms with Crippen LogP contribution in [0, 0.1) is 0 Å². The molecule has 14 heavy (non-hydrogen) atoms. The zero-order chi connectivity index (χ0) is 11.2. The molecular formula is C7H14NO3PS2. The zero-order valence-electron chi connectivity index (χ0n) is 8.35. The van der Waals surface area contributed by atoms with Gasteiger partial charge in [-0.25, -0.2) is 4.79 Å². The van der Waals surface area contributed by atoms with Crippen molar-refractivity contribution in [1.29, 1.82) is 0 Å². The van der Waals surface area contributed by atoms with Crippen molar-refractivity contribution in [3.63, 3.8) is 0 Å². The summed E-state index contributed by atoms with van der Waals surface area (Å²) >= 11 is 6.43. The van der Waals surface area contributed by atoms with Crippen LogP contribution in [0.25, 0.3) is 0 Å². The van der Waals surface area contributed by atoms with Crippen molar-refractivity contribution in [2.24, 2.45) is 5.50 Å². The van der Waals surface area contributed by atoms with Gasteiger partial charge in [0.15, 0.2) is 0 Å². The van der Waals surface area contributed by atoms with Gasteiger partial charge < -0.3 is 9.26 Å². The molecule has 0 heterocycles. The van der Waals surface area contributed by atoms with Crippen LogP contribution in [0.3, 0.4) is 0 Å². The van der Waals surface area contributed by atoms with Crippen LogP contribution in [0.5, 0.6) is 0 Å². The monoisotopic (exact) mass is 255 g/mol. The summed E-state index contributed by atoms with van der Waals surface area (Å²) < 4.78 is 9.71. The van der Waals surface area contributed by atoms with Gasteiger partial charge >= 0.3 is 5.97 Å². The molecule has 0 aliphatic carbocycles. The fourth-order valence-electron chi connectivity index (χ4n) is 0.658. The highest BCUT2D eigenvalue weighted by Crippen LogP contribution is 2.53. The topological polar surface area (TPSA) is 61.5 Å². The number of nitrogens with two attached hydrogens (primary N) is 1. The van der Waals surface area contributed by atoms with Gasteiger partial charge in [-0.05, 0) is 24.5 Å². The van der Waals surface area contributed by atoms with Gasteiger partial charge in [-0.3, -0.25) is 5.50 Å². The molecule has 1 unspecified atom stereocenters. The molecule has 2 N–H and O–H groups in total. The Kier molecular flexibility index (Phi) is 6.44. The van der Waals surface area contributed by atoms with Gasteiger partial charge in [0.25, 0.3) is 0 Å². The lowest BCUT2D eigenvalue weighted by atomic mass is 10.5. The highest BCUT2D eigenvalue weighted by Gasteiger charge is 2.12. The van der Waals surface area contributed by atoms with Gasteiger partial charge in [0.05, 0.1) is 13.2 Å². The molecule has 82 valence electrons. The molecule has 0 rings (SSSR count). The summed E-state index contributed by atoms with van der Waals surface area (Å²) in [6.07, 6.45) is 1.23. The number of hydrogen-bond acceptors (Lipinski definition) is 5. The minimum absolute atomic E-state index is 0.392. The van der Waals surface area contributed by atoms with Crippen molar-refractivity contribution in [1.82, 2.24) is 0 Å². The number of carbonyl (C=O) groups excluding carboxylic acids is 1. The van der Waals surface area contributed by atoms with E-state index in [0.717, 1.165) is 5.75 Å². The number of esters is 1. The van der Waals surface area contributed by atoms with Crippen molar-refractivity contribution in [3.05, 3.63) is 11.8 Å². The van der Waals surface area contributed by atoms with Crippen molar-refractivity contribution in [3.8, 4) is 0 Å². The van der Waals surface area contributed by atoms with Gasteiger partial charge in [0, 0.05) is 0 Å². The van der Waals surface area contributed by atoms with Gasteiger partial charge in [0.2, 0.25) is 5.62 Å². The van der Waals surface area contributed by atoms with Crippen LogP contribution in [0.2, 0.25) is 0 Å². The smallest absolute Gasteiger partial charge is 0.333 e. The van der Waals surface area contributed by atoms with Gasteiger partial charge in [-0.15, -0.1) is 0 Å². The first kappa shape index (κ1) is 14.0. The molecule has 0 aromatic heterocycles. The van der Waals surface area contributed by atoms with Crippen molar-refractivity contribution >= 4 is 34.8 Å². The van der Waals surface area contributed by atoms with Crippen LogP contribution in [-0.4, -0.2) is 18.8 Å². The van der Waals surface area contributed by atoms with Crippen molar-refractivity contribution < 1.29 is 14.1 Å². The molecule has 4 nitrogen and oxygen atoms in total. The van der Waals surface area contributed by atoms with E-state index in [1.807, 2.05) is 6.92 Å². The summed E-state index contributed by atoms with van der Waals surface area (Å²) in [5.41, 5.74) is 3.38. The largest absolute Gasteiger partial charge is 0.466 e. The summed E-state index contributed by atoms with van der Waals surface area (Å²) in [4.78, 5) is 10.8. The Morgan fingerprint density at radius 2 is 2.29 bits per heavy atom. The maximum Gasteiger partial charge on any atom is 0.333 e. The predicted molar refractivity (Wildman–Crippen MR) is 63.5 cm³/mol. The third-order valence-corrected chi connectivity index (χ3v) is 5.51. The normalized spacial score (nSPS) is 15.9. The number of allylic oxidation sites excluding steroid dienone is 1. The van der Waals surface area contributed by atoms with Crippen molar-refractivity contribution in [2.75, 3.05) is 12.9 Å². The number of rotatable bonds is 5. The molecule has 0 aromatic carbocycles. The molecule has 0 fully saturated rings. The molecule has 0 saturated carbocycles. The van der Waals surface area contributed by atoms with Crippen LogP contribution >= 0.6 is 17.0 Å². The fraction of sp³-hybridized carbons (Fsp3) is 0.571. The highest BCUT2D eigenvalue weighted by molar-refractivity contribution is 8.68. The second-order valence-corrected chi connectivity index (χ2v) is 9.15. The van der Waals surface area contributed by atoms with Crippen LogP contribution in [0.4, 0.5) is 0 Å². The van der Waals surface area contributed by atoms with E-state index in [2.05, 4.69) is 4.74 Å². The Morgan fingerprint density at radius 3 is 2.71 bits per heavy atom. The van der Waals surface area contributed by atoms with Crippen LogP contribution < -0.4 is 5.50 Å². The Morgan fingerprint density at radius 1 is 1.71 bits per heavy atom. The minimum Gasteiger partial charge on any atom is -0.466 e. The molecule has 0 spiro atoms. The van der Waals surface area contributed by atoms with E-state index in [1.54, 1.807) is 6.92 Å². The number of ether oxygens (including phenoxy) is 1. The van der Waals surface area contributed by atoms with E-state index in [9.17, 15) is 4.79 Å². The molecule has 0 bridgehead atoms. The number of hydrogen-bond donors (Lipinski definition) is 1. The van der Waals surface area contributed by atoms with Crippen LogP contribution in [0.15, 0.2) is 11.8 Å². The van der Waals surface area contributed by atoms with E-state index in [-0.39, 0.29) is 0 Å². The van der Waals surface area contributed by atoms with E-state index in [4.69, 9.17) is 21.8 Å². The minimum atomic E-state index is -2.34. The summed E-state index contributed by atoms with van der Waals surface area (Å²) in [7, 11) is 1.30. The molecule has 7 heteroatoms. The first-order valence-corrected chi connectivity index (χ1v) is 8.28. The average Bonchev–Trinajstić information content (AvgIpc) is 2.02. The summed E-state index contributed by atoms with van der Waals surface area (Å²) in [5, 5.41) is 0. The molecule has 0 aliphatic heterocycles. The second-order valence-electron chi connectivity index (χ2n) is 2.33. The van der Waals surface area contributed by atoms with Gasteiger partial charge in [-0.2, -0.15) is 0 Å². The lowest BCUT2D eigenvalue weighted by Crippen LogP contribution is -1.99. The maximum absolute atomic E-state index is 10.8. The third kappa shape index (κ3) is 6.43. The maximum atomic E-state index is 10.8. The zero-order valence-corrected chi connectivity index (χ0v) is 10.9. The standard InChI is InChI=1S/C7H14NO3PS2/c1-4-14-12(8,13)11-6(2)5-7(9)10-3/h5H,4H2,1-3H3,(H2,8,13). The molecule has 1 atom stereocenters. The van der Waals surface area contributed by atoms with Gasteiger partial charge in [0.1, 0.15) is 5.76 Å². The Labute approximate surface area is 93.1 Å². The Hall–Kier alpha value is -0.0300. The Bertz CT molecular complexity index is 280. The van der Waals surface area contributed by atoms with E-state index in [0.29, 0.717) is 5.76 Å². The van der Waals surface area contributed by atoms with E-state index in [1.165, 1.54) is 24.6 Å². The molecule has 0 saturated heterocycles. The molecular weight excluding hydrogens is 241 g/mol. The Balaban J connectivity index is 4.31. The van der Waals surface area contributed by atoms with E-state index >= 15 is 0 Å². The molecule has 0 aromatic rings. The third-order valence-electron chi connectivity index (χ3n) is 1.10. The lowest BCUT2D eigenvalue weighted by Gasteiger charge is -2.16. The SMILES string of the molecule is CCSP(N)(=S)OC(C)=CC(=O)OC. The first-order valence-electron chi connectivity index (χ1n) is 3.90. The second kappa shape index (κ2) is 6.45. The average molecular weight is 255 g/mol. The van der Waals surface area contributed by atoms with Gasteiger partial charge in [-0.1, -0.05) is 18.3 Å². The summed E-state index contributed by atoms with van der Waals surface area (Å²) in [5.74, 6) is 0.710. The lowest BCUT2D eigenvalue weighted by molar-refractivity contribution is -0.135. The quantitative estimate of drug-likeness (QED) is 0.351. The predicted octanol–water partition coefficient (Wildman–Crippen LogP) is 2.02. The molecule has 0 aliphatic rings. The van der Waals surface area contributed by atoms with Crippen molar-refractivity contribution in [2.45, 2.75) is 13.8 Å². The summed E-state index contributed by atoms with van der Waals surface area (Å²) in [6.45, 7) is 3.57. The number of carbonyl (C=O) groups is 1.